The Bertz CT molecular complexity index is 919. The summed E-state index contributed by atoms with van der Waals surface area (Å²) >= 11 is 0. The molecule has 1 fully saturated rings. The van der Waals surface area contributed by atoms with Crippen molar-refractivity contribution in [3.05, 3.63) is 28.7 Å². The molecule has 1 aromatic heterocycles. The van der Waals surface area contributed by atoms with E-state index in [1.54, 1.807) is 32.3 Å². The van der Waals surface area contributed by atoms with Gasteiger partial charge in [-0.3, -0.25) is 14.0 Å². The molecule has 0 N–H and O–H groups in total. The molecule has 0 saturated carbocycles. The second-order valence-electron chi connectivity index (χ2n) is 6.58. The molecule has 0 unspecified atom stereocenters. The minimum atomic E-state index is -3.54. The summed E-state index contributed by atoms with van der Waals surface area (Å²) in [7, 11) is -0.201. The number of nitrogens with zero attached hydrogens (tertiary/aromatic N) is 4. The molecule has 24 heavy (non-hydrogen) atoms. The maximum absolute atomic E-state index is 12.9. The highest BCUT2D eigenvalue weighted by atomic mass is 32.2. The summed E-state index contributed by atoms with van der Waals surface area (Å²) in [6.45, 7) is 6.70. The number of benzene rings is 1. The van der Waals surface area contributed by atoms with Crippen molar-refractivity contribution in [3.8, 4) is 0 Å². The number of sulfonamides is 1. The van der Waals surface area contributed by atoms with E-state index < -0.39 is 10.0 Å². The Morgan fingerprint density at radius 2 is 1.54 bits per heavy atom. The van der Waals surface area contributed by atoms with Gasteiger partial charge in [0.1, 0.15) is 0 Å². The van der Waals surface area contributed by atoms with E-state index in [-0.39, 0.29) is 10.6 Å². The molecule has 1 aliphatic rings. The Balaban J connectivity index is 1.95. The van der Waals surface area contributed by atoms with Gasteiger partial charge in [0.05, 0.1) is 15.9 Å². The minimum absolute atomic E-state index is 0.162. The number of imidazole rings is 1. The Hall–Kier alpha value is -1.64. The van der Waals surface area contributed by atoms with Gasteiger partial charge in [-0.1, -0.05) is 0 Å². The molecule has 2 heterocycles. The van der Waals surface area contributed by atoms with Crippen molar-refractivity contribution >= 4 is 21.1 Å². The van der Waals surface area contributed by atoms with E-state index in [4.69, 9.17) is 0 Å². The predicted octanol–water partition coefficient (Wildman–Crippen LogP) is 0.592. The summed E-state index contributed by atoms with van der Waals surface area (Å²) < 4.78 is 30.4. The molecule has 0 amide bonds. The van der Waals surface area contributed by atoms with Crippen molar-refractivity contribution in [2.45, 2.75) is 24.8 Å². The Morgan fingerprint density at radius 3 is 2.12 bits per heavy atom. The van der Waals surface area contributed by atoms with Gasteiger partial charge in [-0.25, -0.2) is 13.2 Å². The molecule has 2 aromatic rings. The third kappa shape index (κ3) is 2.68. The zero-order chi connectivity index (χ0) is 17.6. The van der Waals surface area contributed by atoms with Crippen molar-refractivity contribution in [2.24, 2.45) is 14.1 Å². The summed E-state index contributed by atoms with van der Waals surface area (Å²) in [4.78, 5) is 14.5. The molecule has 0 spiro atoms. The summed E-state index contributed by atoms with van der Waals surface area (Å²) in [6.07, 6.45) is 0. The third-order valence-electron chi connectivity index (χ3n) is 4.88. The molecular formula is C16H24N4O3S. The Labute approximate surface area is 142 Å². The molecule has 3 rings (SSSR count). The van der Waals surface area contributed by atoms with Gasteiger partial charge in [-0.15, -0.1) is 0 Å². The summed E-state index contributed by atoms with van der Waals surface area (Å²) in [6, 6.07) is 5.31. The molecule has 0 radical (unpaired) electrons. The van der Waals surface area contributed by atoms with Crippen LogP contribution in [0.5, 0.6) is 0 Å². The fourth-order valence-electron chi connectivity index (χ4n) is 3.26. The lowest BCUT2D eigenvalue weighted by atomic mass is 10.3. The number of hydrogen-bond acceptors (Lipinski definition) is 4. The number of fused-ring (bicyclic) bond motifs is 1. The van der Waals surface area contributed by atoms with Crippen LogP contribution in [0, 0.1) is 0 Å². The fraction of sp³-hybridized carbons (Fsp3) is 0.562. The van der Waals surface area contributed by atoms with Gasteiger partial charge >= 0.3 is 5.69 Å². The maximum Gasteiger partial charge on any atom is 0.328 e. The zero-order valence-electron chi connectivity index (χ0n) is 14.6. The third-order valence-corrected chi connectivity index (χ3v) is 6.78. The molecule has 7 nitrogen and oxygen atoms in total. The number of aryl methyl sites for hydroxylation is 2. The van der Waals surface area contributed by atoms with Crippen molar-refractivity contribution in [3.63, 3.8) is 0 Å². The lowest BCUT2D eigenvalue weighted by Crippen LogP contribution is -2.50. The Morgan fingerprint density at radius 1 is 0.958 bits per heavy atom. The Kier molecular flexibility index (Phi) is 4.31. The van der Waals surface area contributed by atoms with E-state index >= 15 is 0 Å². The van der Waals surface area contributed by atoms with Gasteiger partial charge in [-0.2, -0.15) is 4.31 Å². The minimum Gasteiger partial charge on any atom is -0.298 e. The first kappa shape index (κ1) is 17.2. The van der Waals surface area contributed by atoms with Crippen molar-refractivity contribution in [1.29, 1.82) is 0 Å². The highest BCUT2D eigenvalue weighted by molar-refractivity contribution is 7.89. The molecule has 8 heteroatoms. The largest absolute Gasteiger partial charge is 0.328 e. The topological polar surface area (TPSA) is 67.6 Å². The molecule has 0 bridgehead atoms. The lowest BCUT2D eigenvalue weighted by molar-refractivity contribution is 0.154. The van der Waals surface area contributed by atoms with Crippen LogP contribution in [-0.4, -0.2) is 59.0 Å². The fourth-order valence-corrected chi connectivity index (χ4v) is 4.70. The van der Waals surface area contributed by atoms with Gasteiger partial charge in [0.15, 0.2) is 0 Å². The number of rotatable bonds is 3. The van der Waals surface area contributed by atoms with Crippen LogP contribution in [0.3, 0.4) is 0 Å². The van der Waals surface area contributed by atoms with Crippen LogP contribution in [0.2, 0.25) is 0 Å². The monoisotopic (exact) mass is 352 g/mol. The molecule has 132 valence electrons. The highest BCUT2D eigenvalue weighted by Gasteiger charge is 2.29. The number of piperazine rings is 1. The van der Waals surface area contributed by atoms with Crippen LogP contribution in [0.1, 0.15) is 13.8 Å². The van der Waals surface area contributed by atoms with E-state index in [1.807, 2.05) is 0 Å². The summed E-state index contributed by atoms with van der Waals surface area (Å²) in [5.41, 5.74) is 1.19. The second-order valence-corrected chi connectivity index (χ2v) is 8.52. The zero-order valence-corrected chi connectivity index (χ0v) is 15.4. The van der Waals surface area contributed by atoms with E-state index in [9.17, 15) is 13.2 Å². The standard InChI is InChI=1S/C16H24N4O3S/c1-12(2)19-7-9-20(10-8-19)24(22,23)13-5-6-14-15(11-13)18(4)16(21)17(14)3/h5-6,11-12H,7-10H2,1-4H3. The second kappa shape index (κ2) is 6.02. The smallest absolute Gasteiger partial charge is 0.298 e. The molecule has 1 saturated heterocycles. The maximum atomic E-state index is 12.9. The van der Waals surface area contributed by atoms with Gasteiger partial charge in [0.25, 0.3) is 0 Å². The number of aromatic nitrogens is 2. The predicted molar refractivity (Wildman–Crippen MR) is 93.6 cm³/mol. The first-order chi connectivity index (χ1) is 11.2. The van der Waals surface area contributed by atoms with Gasteiger partial charge < -0.3 is 0 Å². The SMILES string of the molecule is CC(C)N1CCN(S(=O)(=O)c2ccc3c(c2)n(C)c(=O)n3C)CC1. The van der Waals surface area contributed by atoms with Gasteiger partial charge in [-0.05, 0) is 32.0 Å². The van der Waals surface area contributed by atoms with Crippen LogP contribution in [0.25, 0.3) is 11.0 Å². The molecule has 1 aromatic carbocycles. The van der Waals surface area contributed by atoms with Crippen LogP contribution in [-0.2, 0) is 24.1 Å². The quantitative estimate of drug-likeness (QED) is 0.811. The molecular weight excluding hydrogens is 328 g/mol. The average molecular weight is 352 g/mol. The average Bonchev–Trinajstić information content (AvgIpc) is 2.79. The van der Waals surface area contributed by atoms with E-state index in [0.717, 1.165) is 18.6 Å². The van der Waals surface area contributed by atoms with Crippen LogP contribution in [0.4, 0.5) is 0 Å². The van der Waals surface area contributed by atoms with E-state index in [2.05, 4.69) is 18.7 Å². The molecule has 0 aliphatic carbocycles. The molecule has 1 aliphatic heterocycles. The van der Waals surface area contributed by atoms with Crippen molar-refractivity contribution < 1.29 is 8.42 Å². The first-order valence-electron chi connectivity index (χ1n) is 8.13. The lowest BCUT2D eigenvalue weighted by Gasteiger charge is -2.36. The van der Waals surface area contributed by atoms with Gasteiger partial charge in [0, 0.05) is 46.3 Å². The summed E-state index contributed by atoms with van der Waals surface area (Å²) in [5.74, 6) is 0. The normalized spacial score (nSPS) is 17.9. The molecule has 0 atom stereocenters. The van der Waals surface area contributed by atoms with E-state index in [1.165, 1.54) is 13.4 Å². The summed E-state index contributed by atoms with van der Waals surface area (Å²) in [5, 5.41) is 0. The van der Waals surface area contributed by atoms with E-state index in [0.29, 0.717) is 24.6 Å². The van der Waals surface area contributed by atoms with Crippen LogP contribution < -0.4 is 5.69 Å². The van der Waals surface area contributed by atoms with Crippen LogP contribution in [0.15, 0.2) is 27.9 Å². The van der Waals surface area contributed by atoms with Crippen LogP contribution >= 0.6 is 0 Å². The number of hydrogen-bond donors (Lipinski definition) is 0. The van der Waals surface area contributed by atoms with Crippen molar-refractivity contribution in [2.75, 3.05) is 26.2 Å². The van der Waals surface area contributed by atoms with Crippen molar-refractivity contribution in [1.82, 2.24) is 18.3 Å². The highest BCUT2D eigenvalue weighted by Crippen LogP contribution is 2.22. The first-order valence-corrected chi connectivity index (χ1v) is 9.57. The van der Waals surface area contributed by atoms with Gasteiger partial charge in [0.2, 0.25) is 10.0 Å².